The molecule has 206 valence electrons. The number of amides is 1. The Kier molecular flexibility index (Phi) is 8.63. The van der Waals surface area contributed by atoms with E-state index in [4.69, 9.17) is 4.84 Å². The van der Waals surface area contributed by atoms with Crippen LogP contribution in [0.2, 0.25) is 0 Å². The molecular formula is C33H35N3O4. The Labute approximate surface area is 234 Å². The van der Waals surface area contributed by atoms with Gasteiger partial charge in [-0.2, -0.15) is 5.06 Å². The van der Waals surface area contributed by atoms with Gasteiger partial charge in [-0.15, -0.1) is 0 Å². The Bertz CT molecular complexity index is 1520. The molecule has 4 aromatic rings. The monoisotopic (exact) mass is 537 g/mol. The van der Waals surface area contributed by atoms with Gasteiger partial charge in [0.05, 0.1) is 19.3 Å². The maximum Gasteiger partial charge on any atom is 0.240 e. The van der Waals surface area contributed by atoms with Gasteiger partial charge < -0.3 is 20.5 Å². The van der Waals surface area contributed by atoms with E-state index in [1.54, 1.807) is 12.0 Å². The summed E-state index contributed by atoms with van der Waals surface area (Å²) >= 11 is 0. The summed E-state index contributed by atoms with van der Waals surface area (Å²) in [5.41, 5.74) is 5.99. The highest BCUT2D eigenvalue weighted by Crippen LogP contribution is 2.32. The lowest BCUT2D eigenvalue weighted by atomic mass is 9.92. The maximum absolute atomic E-state index is 13.5. The fourth-order valence-corrected chi connectivity index (χ4v) is 5.29. The number of aliphatic hydroxyl groups is 2. The van der Waals surface area contributed by atoms with Gasteiger partial charge in [-0.3, -0.25) is 9.63 Å². The Morgan fingerprint density at radius 1 is 1.05 bits per heavy atom. The summed E-state index contributed by atoms with van der Waals surface area (Å²) in [5, 5.41) is 26.4. The van der Waals surface area contributed by atoms with Gasteiger partial charge >= 0.3 is 0 Å². The number of hydrogen-bond donors (Lipinski definition) is 4. The molecule has 7 heteroatoms. The van der Waals surface area contributed by atoms with Crippen LogP contribution in [0.3, 0.4) is 0 Å². The third-order valence-corrected chi connectivity index (χ3v) is 7.45. The number of carbonyl (C=O) groups excluding carboxylic acids is 1. The number of aryl methyl sites for hydroxylation is 1. The Morgan fingerprint density at radius 2 is 1.80 bits per heavy atom. The average Bonchev–Trinajstić information content (AvgIpc) is 3.55. The lowest BCUT2D eigenvalue weighted by Crippen LogP contribution is -2.48. The molecule has 0 unspecified atom stereocenters. The predicted molar refractivity (Wildman–Crippen MR) is 155 cm³/mol. The minimum Gasteiger partial charge on any atom is -0.396 e. The number of fused-ring (bicyclic) bond motifs is 1. The summed E-state index contributed by atoms with van der Waals surface area (Å²) in [6, 6.07) is 23.1. The van der Waals surface area contributed by atoms with Gasteiger partial charge in [-0.1, -0.05) is 65.9 Å². The molecule has 0 bridgehead atoms. The number of nitrogens with zero attached hydrogens (tertiary/aromatic N) is 1. The number of benzene rings is 3. The fourth-order valence-electron chi connectivity index (χ4n) is 5.29. The van der Waals surface area contributed by atoms with Crippen LogP contribution in [-0.2, 0) is 22.6 Å². The van der Waals surface area contributed by atoms with Crippen molar-refractivity contribution in [1.82, 2.24) is 15.4 Å². The van der Waals surface area contributed by atoms with Crippen LogP contribution in [0.5, 0.6) is 0 Å². The number of aromatic amines is 1. The molecule has 0 aliphatic carbocycles. The molecule has 2 heterocycles. The molecule has 1 aliphatic heterocycles. The topological polar surface area (TPSA) is 97.8 Å². The normalized spacial score (nSPS) is 19.8. The third-order valence-electron chi connectivity index (χ3n) is 7.45. The number of hydroxylamine groups is 2. The van der Waals surface area contributed by atoms with E-state index in [1.165, 1.54) is 5.56 Å². The van der Waals surface area contributed by atoms with Crippen molar-refractivity contribution in [2.75, 3.05) is 13.2 Å². The zero-order valence-corrected chi connectivity index (χ0v) is 22.8. The van der Waals surface area contributed by atoms with Gasteiger partial charge in [0, 0.05) is 40.7 Å². The molecular weight excluding hydrogens is 502 g/mol. The Hall–Kier alpha value is -3.93. The second kappa shape index (κ2) is 12.5. The molecule has 4 N–H and O–H groups in total. The smallest absolute Gasteiger partial charge is 0.240 e. The molecule has 1 aliphatic rings. The van der Waals surface area contributed by atoms with Crippen molar-refractivity contribution in [3.63, 3.8) is 0 Å². The molecule has 1 amide bonds. The molecule has 4 atom stereocenters. The molecule has 1 aromatic heterocycles. The van der Waals surface area contributed by atoms with Crippen LogP contribution < -0.4 is 5.32 Å². The zero-order chi connectivity index (χ0) is 28.1. The highest BCUT2D eigenvalue weighted by molar-refractivity contribution is 5.84. The molecule has 7 nitrogen and oxygen atoms in total. The lowest BCUT2D eigenvalue weighted by molar-refractivity contribution is -0.192. The number of aliphatic hydroxyl groups excluding tert-OH is 2. The van der Waals surface area contributed by atoms with Crippen molar-refractivity contribution in [3.05, 3.63) is 107 Å². The summed E-state index contributed by atoms with van der Waals surface area (Å²) in [6.45, 7) is 4.07. The molecule has 40 heavy (non-hydrogen) atoms. The van der Waals surface area contributed by atoms with Crippen molar-refractivity contribution >= 4 is 16.8 Å². The van der Waals surface area contributed by atoms with Gasteiger partial charge in [0.25, 0.3) is 0 Å². The first-order valence-electron chi connectivity index (χ1n) is 13.7. The van der Waals surface area contributed by atoms with Gasteiger partial charge in [0.2, 0.25) is 5.91 Å². The van der Waals surface area contributed by atoms with E-state index >= 15 is 0 Å². The Morgan fingerprint density at radius 3 is 2.58 bits per heavy atom. The van der Waals surface area contributed by atoms with Crippen molar-refractivity contribution in [3.8, 4) is 11.8 Å². The number of carbonyl (C=O) groups is 1. The molecule has 1 fully saturated rings. The summed E-state index contributed by atoms with van der Waals surface area (Å²) in [6.07, 6.45) is 1.06. The van der Waals surface area contributed by atoms with E-state index in [1.807, 2.05) is 79.9 Å². The lowest BCUT2D eigenvalue weighted by Gasteiger charge is -2.24. The first-order valence-corrected chi connectivity index (χ1v) is 13.7. The first kappa shape index (κ1) is 27.6. The van der Waals surface area contributed by atoms with Crippen LogP contribution >= 0.6 is 0 Å². The van der Waals surface area contributed by atoms with E-state index in [-0.39, 0.29) is 19.1 Å². The second-order valence-electron chi connectivity index (χ2n) is 10.4. The van der Waals surface area contributed by atoms with E-state index in [0.717, 1.165) is 33.2 Å². The summed E-state index contributed by atoms with van der Waals surface area (Å²) in [7, 11) is 0. The summed E-state index contributed by atoms with van der Waals surface area (Å²) in [4.78, 5) is 22.9. The number of aromatic nitrogens is 1. The van der Waals surface area contributed by atoms with Crippen LogP contribution in [-0.4, -0.2) is 57.6 Å². The highest BCUT2D eigenvalue weighted by atomic mass is 16.7. The van der Waals surface area contributed by atoms with Crippen molar-refractivity contribution < 1.29 is 19.8 Å². The number of H-pyrrole nitrogens is 1. The van der Waals surface area contributed by atoms with Crippen LogP contribution in [0, 0.1) is 24.7 Å². The molecule has 1 saturated heterocycles. The predicted octanol–water partition coefficient (Wildman–Crippen LogP) is 3.71. The van der Waals surface area contributed by atoms with E-state index in [9.17, 15) is 15.0 Å². The maximum atomic E-state index is 13.5. The first-order chi connectivity index (χ1) is 19.4. The summed E-state index contributed by atoms with van der Waals surface area (Å²) in [5.74, 6) is 5.64. The van der Waals surface area contributed by atoms with Gasteiger partial charge in [0.1, 0.15) is 12.1 Å². The summed E-state index contributed by atoms with van der Waals surface area (Å²) < 4.78 is 0. The fraction of sp³-hybridized carbons (Fsp3) is 0.303. The molecule has 0 saturated carbocycles. The van der Waals surface area contributed by atoms with Crippen molar-refractivity contribution in [1.29, 1.82) is 0 Å². The SMILES string of the molecule is Cc1ccc(C#Cc2ccccc2CN2O[C@H]([C@@H](C)O)[C@H](CO)[C@@H]2C(=O)NCCc2c[nH]c3ccccc23)cc1. The quantitative estimate of drug-likeness (QED) is 0.257. The van der Waals surface area contributed by atoms with Crippen molar-refractivity contribution in [2.24, 2.45) is 5.92 Å². The molecule has 0 spiro atoms. The van der Waals surface area contributed by atoms with Crippen LogP contribution in [0.4, 0.5) is 0 Å². The van der Waals surface area contributed by atoms with E-state index in [0.29, 0.717) is 13.0 Å². The van der Waals surface area contributed by atoms with Crippen molar-refractivity contribution in [2.45, 2.75) is 45.1 Å². The molecule has 3 aromatic carbocycles. The molecule has 0 radical (unpaired) electrons. The van der Waals surface area contributed by atoms with Crippen LogP contribution in [0.25, 0.3) is 10.9 Å². The van der Waals surface area contributed by atoms with Crippen LogP contribution in [0.1, 0.15) is 34.7 Å². The Balaban J connectivity index is 1.33. The van der Waals surface area contributed by atoms with Crippen LogP contribution in [0.15, 0.2) is 79.0 Å². The third kappa shape index (κ3) is 6.11. The average molecular weight is 538 g/mol. The number of rotatable bonds is 8. The minimum absolute atomic E-state index is 0.245. The zero-order valence-electron chi connectivity index (χ0n) is 22.8. The van der Waals surface area contributed by atoms with Gasteiger partial charge in [-0.25, -0.2) is 0 Å². The largest absolute Gasteiger partial charge is 0.396 e. The number of nitrogens with one attached hydrogen (secondary N) is 2. The highest BCUT2D eigenvalue weighted by Gasteiger charge is 2.48. The molecule has 5 rings (SSSR count). The van der Waals surface area contributed by atoms with Gasteiger partial charge in [-0.05, 0) is 55.7 Å². The second-order valence-corrected chi connectivity index (χ2v) is 10.4. The minimum atomic E-state index is -0.861. The van der Waals surface area contributed by atoms with E-state index < -0.39 is 24.2 Å². The number of hydrogen-bond acceptors (Lipinski definition) is 5. The van der Waals surface area contributed by atoms with E-state index in [2.05, 4.69) is 28.2 Å². The standard InChI is InChI=1S/C33H35N3O4/c1-22-11-13-24(14-12-22)15-16-25-7-3-4-8-27(25)20-36-31(29(21-37)32(40-36)23(2)38)33(39)34-18-17-26-19-35-30-10-6-5-9-28(26)30/h3-14,19,23,29,31-32,35,37-38H,17-18,20-21H2,1-2H3,(H,34,39)/t23-,29-,31-,32-/m1/s1. The number of para-hydroxylation sites is 1. The van der Waals surface area contributed by atoms with Gasteiger partial charge in [0.15, 0.2) is 0 Å².